The molecule has 1 aliphatic rings. The fraction of sp³-hybridized carbons (Fsp3) is 0.345. The summed E-state index contributed by atoms with van der Waals surface area (Å²) < 4.78 is 45.2. The van der Waals surface area contributed by atoms with Gasteiger partial charge in [-0.25, -0.2) is 13.2 Å². The summed E-state index contributed by atoms with van der Waals surface area (Å²) in [6.07, 6.45) is 0.875. The minimum atomic E-state index is -3.67. The fourth-order valence-corrected chi connectivity index (χ4v) is 5.94. The van der Waals surface area contributed by atoms with Crippen LogP contribution in [-0.4, -0.2) is 56.2 Å². The number of sulfonamides is 1. The molecule has 0 spiro atoms. The summed E-state index contributed by atoms with van der Waals surface area (Å²) in [4.78, 5) is 12.1. The van der Waals surface area contributed by atoms with E-state index in [0.29, 0.717) is 41.8 Å². The predicted octanol–water partition coefficient (Wildman–Crippen LogP) is 5.85. The van der Waals surface area contributed by atoms with Gasteiger partial charge in [-0.1, -0.05) is 37.6 Å². The Bertz CT molecular complexity index is 1380. The summed E-state index contributed by atoms with van der Waals surface area (Å²) in [5.74, 6) is 0.299. The molecule has 0 aliphatic carbocycles. The van der Waals surface area contributed by atoms with E-state index in [4.69, 9.17) is 25.8 Å². The molecule has 10 heteroatoms. The molecule has 1 saturated heterocycles. The average molecular weight is 574 g/mol. The topological polar surface area (TPSA) is 102 Å². The van der Waals surface area contributed by atoms with Crippen LogP contribution in [0.3, 0.4) is 0 Å². The fourth-order valence-electron chi connectivity index (χ4n) is 4.30. The van der Waals surface area contributed by atoms with Crippen molar-refractivity contribution >= 4 is 27.6 Å². The minimum absolute atomic E-state index is 0.0514. The van der Waals surface area contributed by atoms with Crippen molar-refractivity contribution in [2.75, 3.05) is 26.3 Å². The first-order valence-electron chi connectivity index (χ1n) is 12.8. The molecule has 0 saturated carbocycles. The Morgan fingerprint density at radius 1 is 1.00 bits per heavy atom. The summed E-state index contributed by atoms with van der Waals surface area (Å²) >= 11 is 5.86. The third-order valence-electron chi connectivity index (χ3n) is 6.43. The van der Waals surface area contributed by atoms with Crippen LogP contribution in [0.15, 0.2) is 71.6 Å². The number of rotatable bonds is 11. The number of aromatic carboxylic acids is 1. The third kappa shape index (κ3) is 7.44. The maximum atomic E-state index is 13.2. The molecule has 0 radical (unpaired) electrons. The highest BCUT2D eigenvalue weighted by Gasteiger charge is 2.31. The second kappa shape index (κ2) is 12.7. The standard InChI is InChI=1S/C29H32ClNO7S/c1-20(2)21-5-12-26(13-6-21)39(34,35)31-15-3-4-25(19-31)38-24-11-14-28(27(18-24)29(32)33)37-17-16-36-23-9-7-22(30)8-10-23/h5-14,18,20,25H,3-4,15-17,19H2,1-2H3,(H,32,33)/t25-/m0/s1. The van der Waals surface area contributed by atoms with Gasteiger partial charge in [-0.2, -0.15) is 4.31 Å². The van der Waals surface area contributed by atoms with Crippen molar-refractivity contribution in [3.8, 4) is 17.2 Å². The van der Waals surface area contributed by atoms with Crippen LogP contribution < -0.4 is 14.2 Å². The van der Waals surface area contributed by atoms with Gasteiger partial charge in [0, 0.05) is 11.6 Å². The Kier molecular flexibility index (Phi) is 9.37. The van der Waals surface area contributed by atoms with Gasteiger partial charge in [0.1, 0.15) is 42.1 Å². The van der Waals surface area contributed by atoms with Crippen LogP contribution in [-0.2, 0) is 10.0 Å². The molecule has 1 heterocycles. The lowest BCUT2D eigenvalue weighted by molar-refractivity contribution is 0.0689. The van der Waals surface area contributed by atoms with Crippen LogP contribution in [0.1, 0.15) is 48.5 Å². The van der Waals surface area contributed by atoms with E-state index in [1.54, 1.807) is 42.5 Å². The summed E-state index contributed by atoms with van der Waals surface area (Å²) in [6.45, 7) is 5.04. The van der Waals surface area contributed by atoms with Crippen molar-refractivity contribution in [3.05, 3.63) is 82.9 Å². The number of nitrogens with zero attached hydrogens (tertiary/aromatic N) is 1. The second-order valence-electron chi connectivity index (χ2n) is 9.58. The molecular formula is C29H32ClNO7S. The zero-order chi connectivity index (χ0) is 28.0. The molecule has 4 rings (SSSR count). The largest absolute Gasteiger partial charge is 0.490 e. The monoisotopic (exact) mass is 573 g/mol. The van der Waals surface area contributed by atoms with Crippen LogP contribution in [0.25, 0.3) is 0 Å². The Labute approximate surface area is 234 Å². The van der Waals surface area contributed by atoms with Crippen LogP contribution in [0.5, 0.6) is 17.2 Å². The molecule has 0 unspecified atom stereocenters. The van der Waals surface area contributed by atoms with E-state index in [0.717, 1.165) is 5.56 Å². The average Bonchev–Trinajstić information content (AvgIpc) is 2.92. The van der Waals surface area contributed by atoms with E-state index in [2.05, 4.69) is 13.8 Å². The van der Waals surface area contributed by atoms with Crippen LogP contribution in [0, 0.1) is 0 Å². The summed E-state index contributed by atoms with van der Waals surface area (Å²) in [6, 6.07) is 18.4. The minimum Gasteiger partial charge on any atom is -0.490 e. The Morgan fingerprint density at radius 3 is 2.33 bits per heavy atom. The first-order valence-corrected chi connectivity index (χ1v) is 14.6. The summed E-state index contributed by atoms with van der Waals surface area (Å²) in [7, 11) is -3.67. The maximum Gasteiger partial charge on any atom is 0.339 e. The first kappa shape index (κ1) is 28.7. The smallest absolute Gasteiger partial charge is 0.339 e. The van der Waals surface area contributed by atoms with E-state index >= 15 is 0 Å². The predicted molar refractivity (Wildman–Crippen MR) is 149 cm³/mol. The van der Waals surface area contributed by atoms with Gasteiger partial charge in [0.25, 0.3) is 0 Å². The maximum absolute atomic E-state index is 13.2. The quantitative estimate of drug-likeness (QED) is 0.287. The lowest BCUT2D eigenvalue weighted by Gasteiger charge is -2.32. The van der Waals surface area contributed by atoms with Crippen LogP contribution in [0.2, 0.25) is 5.02 Å². The number of carboxylic acid groups (broad SMARTS) is 1. The Hall–Kier alpha value is -3.27. The van der Waals surface area contributed by atoms with E-state index < -0.39 is 22.1 Å². The molecule has 8 nitrogen and oxygen atoms in total. The second-order valence-corrected chi connectivity index (χ2v) is 12.0. The van der Waals surface area contributed by atoms with E-state index in [1.807, 2.05) is 12.1 Å². The molecule has 0 aromatic heterocycles. The molecule has 3 aromatic carbocycles. The number of piperidine rings is 1. The summed E-state index contributed by atoms with van der Waals surface area (Å²) in [5, 5.41) is 10.3. The third-order valence-corrected chi connectivity index (χ3v) is 8.56. The molecule has 1 N–H and O–H groups in total. The highest BCUT2D eigenvalue weighted by Crippen LogP contribution is 2.28. The van der Waals surface area contributed by atoms with Crippen molar-refractivity contribution in [2.45, 2.75) is 43.6 Å². The highest BCUT2D eigenvalue weighted by molar-refractivity contribution is 7.89. The van der Waals surface area contributed by atoms with Crippen molar-refractivity contribution in [3.63, 3.8) is 0 Å². The number of carbonyl (C=O) groups is 1. The Balaban J connectivity index is 1.37. The van der Waals surface area contributed by atoms with Crippen molar-refractivity contribution in [1.82, 2.24) is 4.31 Å². The number of benzene rings is 3. The van der Waals surface area contributed by atoms with Gasteiger partial charge >= 0.3 is 5.97 Å². The van der Waals surface area contributed by atoms with Crippen LogP contribution >= 0.6 is 11.6 Å². The zero-order valence-corrected chi connectivity index (χ0v) is 23.5. The van der Waals surface area contributed by atoms with Gasteiger partial charge in [0.15, 0.2) is 0 Å². The molecule has 1 aliphatic heterocycles. The molecule has 0 amide bonds. The van der Waals surface area contributed by atoms with Gasteiger partial charge in [0.05, 0.1) is 11.4 Å². The van der Waals surface area contributed by atoms with Gasteiger partial charge in [-0.15, -0.1) is 0 Å². The van der Waals surface area contributed by atoms with Gasteiger partial charge < -0.3 is 19.3 Å². The van der Waals surface area contributed by atoms with Gasteiger partial charge in [-0.05, 0) is 78.9 Å². The van der Waals surface area contributed by atoms with Gasteiger partial charge in [0.2, 0.25) is 10.0 Å². The Morgan fingerprint density at radius 2 is 1.67 bits per heavy atom. The lowest BCUT2D eigenvalue weighted by Crippen LogP contribution is -2.44. The van der Waals surface area contributed by atoms with E-state index in [-0.39, 0.29) is 36.0 Å². The first-order chi connectivity index (χ1) is 18.6. The molecule has 1 atom stereocenters. The molecular weight excluding hydrogens is 542 g/mol. The molecule has 1 fully saturated rings. The van der Waals surface area contributed by atoms with Crippen molar-refractivity contribution in [2.24, 2.45) is 0 Å². The van der Waals surface area contributed by atoms with Crippen molar-refractivity contribution in [1.29, 1.82) is 0 Å². The number of ether oxygens (including phenoxy) is 3. The lowest BCUT2D eigenvalue weighted by atomic mass is 10.0. The summed E-state index contributed by atoms with van der Waals surface area (Å²) in [5.41, 5.74) is 1.02. The highest BCUT2D eigenvalue weighted by atomic mass is 35.5. The molecule has 3 aromatic rings. The normalized spacial score (nSPS) is 16.2. The van der Waals surface area contributed by atoms with Gasteiger partial charge in [-0.3, -0.25) is 0 Å². The van der Waals surface area contributed by atoms with Crippen molar-refractivity contribution < 1.29 is 32.5 Å². The van der Waals surface area contributed by atoms with E-state index in [1.165, 1.54) is 16.4 Å². The number of halogens is 1. The SMILES string of the molecule is CC(C)c1ccc(S(=O)(=O)N2CCC[C@H](Oc3ccc(OCCOc4ccc(Cl)cc4)c(C(=O)O)c3)C2)cc1. The van der Waals surface area contributed by atoms with E-state index in [9.17, 15) is 18.3 Å². The number of carboxylic acids is 1. The number of hydrogen-bond donors (Lipinski definition) is 1. The zero-order valence-electron chi connectivity index (χ0n) is 21.9. The molecule has 208 valence electrons. The molecule has 0 bridgehead atoms. The number of hydrogen-bond acceptors (Lipinski definition) is 6. The van der Waals surface area contributed by atoms with Crippen LogP contribution in [0.4, 0.5) is 0 Å². The molecule has 39 heavy (non-hydrogen) atoms.